The molecule has 8 heteroatoms. The first-order valence-corrected chi connectivity index (χ1v) is 11.7. The number of carbonyl (C=O) groups excluding carboxylic acids is 1. The maximum Gasteiger partial charge on any atom is 0.261 e. The lowest BCUT2D eigenvalue weighted by atomic mass is 10.1. The molecule has 0 radical (unpaired) electrons. The Morgan fingerprint density at radius 3 is 2.44 bits per heavy atom. The van der Waals surface area contributed by atoms with Crippen LogP contribution in [0, 0.1) is 13.8 Å². The van der Waals surface area contributed by atoms with E-state index in [1.807, 2.05) is 31.2 Å². The van der Waals surface area contributed by atoms with Crippen LogP contribution in [0.25, 0.3) is 0 Å². The van der Waals surface area contributed by atoms with Crippen molar-refractivity contribution in [2.24, 2.45) is 0 Å². The Morgan fingerprint density at radius 2 is 1.72 bits per heavy atom. The van der Waals surface area contributed by atoms with E-state index in [0.29, 0.717) is 34.9 Å². The fourth-order valence-electron chi connectivity index (χ4n) is 3.31. The zero-order valence-corrected chi connectivity index (χ0v) is 18.6. The van der Waals surface area contributed by atoms with Gasteiger partial charge < -0.3 is 14.8 Å². The molecule has 0 aromatic heterocycles. The van der Waals surface area contributed by atoms with Crippen molar-refractivity contribution in [1.82, 2.24) is 5.32 Å². The Morgan fingerprint density at radius 1 is 1.00 bits per heavy atom. The van der Waals surface area contributed by atoms with Crippen LogP contribution < -0.4 is 19.5 Å². The number of benzene rings is 3. The van der Waals surface area contributed by atoms with Crippen molar-refractivity contribution < 1.29 is 22.7 Å². The molecule has 7 nitrogen and oxygen atoms in total. The molecule has 32 heavy (non-hydrogen) atoms. The summed E-state index contributed by atoms with van der Waals surface area (Å²) in [4.78, 5) is 12.8. The van der Waals surface area contributed by atoms with Crippen LogP contribution in [0.15, 0.2) is 71.6 Å². The Kier molecular flexibility index (Phi) is 6.05. The predicted octanol–water partition coefficient (Wildman–Crippen LogP) is 3.67. The first-order valence-electron chi connectivity index (χ1n) is 10.2. The molecule has 0 bridgehead atoms. The molecule has 0 saturated carbocycles. The number of anilines is 1. The van der Waals surface area contributed by atoms with Crippen LogP contribution >= 0.6 is 0 Å². The minimum Gasteiger partial charge on any atom is -0.486 e. The van der Waals surface area contributed by atoms with E-state index in [1.165, 1.54) is 0 Å². The maximum absolute atomic E-state index is 12.6. The zero-order valence-electron chi connectivity index (χ0n) is 17.8. The van der Waals surface area contributed by atoms with Gasteiger partial charge in [-0.15, -0.1) is 0 Å². The quantitative estimate of drug-likeness (QED) is 0.595. The van der Waals surface area contributed by atoms with Gasteiger partial charge in [-0.1, -0.05) is 29.8 Å². The van der Waals surface area contributed by atoms with Gasteiger partial charge in [0, 0.05) is 5.56 Å². The lowest BCUT2D eigenvalue weighted by Crippen LogP contribution is -2.40. The second-order valence-corrected chi connectivity index (χ2v) is 9.34. The molecule has 0 aliphatic carbocycles. The predicted molar refractivity (Wildman–Crippen MR) is 122 cm³/mol. The van der Waals surface area contributed by atoms with Gasteiger partial charge >= 0.3 is 0 Å². The summed E-state index contributed by atoms with van der Waals surface area (Å²) in [5, 5.41) is 2.84. The summed E-state index contributed by atoms with van der Waals surface area (Å²) < 4.78 is 39.4. The highest BCUT2D eigenvalue weighted by Crippen LogP contribution is 2.30. The van der Waals surface area contributed by atoms with Gasteiger partial charge in [-0.2, -0.15) is 0 Å². The Labute approximate surface area is 187 Å². The molecule has 1 amide bonds. The van der Waals surface area contributed by atoms with Gasteiger partial charge in [0.2, 0.25) is 0 Å². The smallest absolute Gasteiger partial charge is 0.261 e. The van der Waals surface area contributed by atoms with Gasteiger partial charge in [-0.05, 0) is 61.9 Å². The van der Waals surface area contributed by atoms with Crippen LogP contribution in [0.2, 0.25) is 0 Å². The van der Waals surface area contributed by atoms with E-state index in [1.54, 1.807) is 49.4 Å². The first-order chi connectivity index (χ1) is 15.3. The lowest BCUT2D eigenvalue weighted by Gasteiger charge is -2.26. The van der Waals surface area contributed by atoms with Crippen LogP contribution in [0.1, 0.15) is 21.5 Å². The normalized spacial score (nSPS) is 15.1. The highest BCUT2D eigenvalue weighted by atomic mass is 32.2. The minimum atomic E-state index is -3.72. The van der Waals surface area contributed by atoms with E-state index in [2.05, 4.69) is 10.0 Å². The molecule has 4 rings (SSSR count). The highest BCUT2D eigenvalue weighted by Gasteiger charge is 2.22. The number of hydrogen-bond acceptors (Lipinski definition) is 5. The van der Waals surface area contributed by atoms with Crippen LogP contribution in [0.3, 0.4) is 0 Å². The van der Waals surface area contributed by atoms with E-state index < -0.39 is 10.0 Å². The van der Waals surface area contributed by atoms with Gasteiger partial charge in [-0.25, -0.2) is 8.42 Å². The fourth-order valence-corrected chi connectivity index (χ4v) is 4.44. The number of fused-ring (bicyclic) bond motifs is 1. The number of sulfonamides is 1. The van der Waals surface area contributed by atoms with Gasteiger partial charge in [0.15, 0.2) is 11.5 Å². The topological polar surface area (TPSA) is 93.7 Å². The molecule has 1 atom stereocenters. The van der Waals surface area contributed by atoms with Crippen molar-refractivity contribution in [3.05, 3.63) is 83.4 Å². The number of ether oxygens (including phenoxy) is 2. The molecule has 1 aliphatic rings. The number of nitrogens with one attached hydrogen (secondary N) is 2. The van der Waals surface area contributed by atoms with Crippen LogP contribution in [0.5, 0.6) is 11.5 Å². The summed E-state index contributed by atoms with van der Waals surface area (Å²) in [5.41, 5.74) is 2.46. The van der Waals surface area contributed by atoms with Crippen LogP contribution in [-0.2, 0) is 10.0 Å². The van der Waals surface area contributed by atoms with Crippen LogP contribution in [0.4, 0.5) is 5.69 Å². The van der Waals surface area contributed by atoms with Gasteiger partial charge in [0.05, 0.1) is 17.1 Å². The number of hydrogen-bond donors (Lipinski definition) is 2. The van der Waals surface area contributed by atoms with Crippen molar-refractivity contribution >= 4 is 21.6 Å². The Bertz CT molecular complexity index is 1240. The summed E-state index contributed by atoms with van der Waals surface area (Å²) in [7, 11) is -3.72. The number of rotatable bonds is 6. The summed E-state index contributed by atoms with van der Waals surface area (Å²) >= 11 is 0. The molecule has 166 valence electrons. The van der Waals surface area contributed by atoms with Crippen molar-refractivity contribution in [3.63, 3.8) is 0 Å². The molecular formula is C24H24N2O5S. The Hall–Kier alpha value is -3.52. The van der Waals surface area contributed by atoms with Gasteiger partial charge in [-0.3, -0.25) is 9.52 Å². The van der Waals surface area contributed by atoms with Crippen molar-refractivity contribution in [3.8, 4) is 11.5 Å². The molecular weight excluding hydrogens is 428 g/mol. The molecule has 0 unspecified atom stereocenters. The third kappa shape index (κ3) is 4.86. The summed E-state index contributed by atoms with van der Waals surface area (Å²) in [6.07, 6.45) is -0.296. The van der Waals surface area contributed by atoms with Crippen molar-refractivity contribution in [2.45, 2.75) is 24.8 Å². The fraction of sp³-hybridized carbons (Fsp3) is 0.208. The largest absolute Gasteiger partial charge is 0.486 e. The third-order valence-electron chi connectivity index (χ3n) is 5.12. The number of para-hydroxylation sites is 2. The molecule has 3 aromatic rings. The van der Waals surface area contributed by atoms with Gasteiger partial charge in [0.25, 0.3) is 15.9 Å². The average Bonchev–Trinajstić information content (AvgIpc) is 2.79. The third-order valence-corrected chi connectivity index (χ3v) is 6.50. The average molecular weight is 453 g/mol. The summed E-state index contributed by atoms with van der Waals surface area (Å²) in [5.74, 6) is 1.07. The first kappa shape index (κ1) is 21.7. The summed E-state index contributed by atoms with van der Waals surface area (Å²) in [6, 6.07) is 18.8. The lowest BCUT2D eigenvalue weighted by molar-refractivity contribution is 0.0789. The zero-order chi connectivity index (χ0) is 22.7. The molecule has 1 aliphatic heterocycles. The van der Waals surface area contributed by atoms with Crippen molar-refractivity contribution in [1.29, 1.82) is 0 Å². The molecule has 2 N–H and O–H groups in total. The Balaban J connectivity index is 1.38. The summed E-state index contributed by atoms with van der Waals surface area (Å²) in [6.45, 7) is 4.27. The van der Waals surface area contributed by atoms with E-state index in [0.717, 1.165) is 5.56 Å². The van der Waals surface area contributed by atoms with Gasteiger partial charge in [0.1, 0.15) is 12.7 Å². The SMILES string of the molecule is Cc1ccc(S(=O)(=O)Nc2ccc(C(=O)NC[C@@H]3COc4ccccc4O3)cc2C)cc1. The molecule has 1 heterocycles. The molecule has 0 spiro atoms. The van der Waals surface area contributed by atoms with E-state index in [4.69, 9.17) is 9.47 Å². The second kappa shape index (κ2) is 8.92. The second-order valence-electron chi connectivity index (χ2n) is 7.66. The number of aryl methyl sites for hydroxylation is 2. The maximum atomic E-state index is 12.6. The molecule has 0 saturated heterocycles. The van der Waals surface area contributed by atoms with E-state index in [-0.39, 0.29) is 23.5 Å². The van der Waals surface area contributed by atoms with E-state index in [9.17, 15) is 13.2 Å². The monoisotopic (exact) mass is 452 g/mol. The minimum absolute atomic E-state index is 0.181. The standard InChI is InChI=1S/C24H24N2O5S/c1-16-7-10-20(11-8-16)32(28,29)26-21-12-9-18(13-17(21)2)24(27)25-14-19-15-30-22-5-3-4-6-23(22)31-19/h3-13,19,26H,14-15H2,1-2H3,(H,25,27)/t19-/m1/s1. The van der Waals surface area contributed by atoms with Crippen molar-refractivity contribution in [2.75, 3.05) is 17.9 Å². The highest BCUT2D eigenvalue weighted by molar-refractivity contribution is 7.92. The van der Waals surface area contributed by atoms with Crippen LogP contribution in [-0.4, -0.2) is 33.6 Å². The number of amides is 1. The number of carbonyl (C=O) groups is 1. The molecule has 0 fully saturated rings. The molecule has 3 aromatic carbocycles. The van der Waals surface area contributed by atoms with E-state index >= 15 is 0 Å².